The summed E-state index contributed by atoms with van der Waals surface area (Å²) >= 11 is 11.8. The second kappa shape index (κ2) is 6.31. The maximum absolute atomic E-state index is 9.19. The summed E-state index contributed by atoms with van der Waals surface area (Å²) in [5, 5.41) is 10.2. The maximum atomic E-state index is 9.19. The predicted molar refractivity (Wildman–Crippen MR) is 73.1 cm³/mol. The molecule has 0 heterocycles. The van der Waals surface area contributed by atoms with Crippen LogP contribution >= 0.6 is 23.2 Å². The van der Waals surface area contributed by atoms with Crippen LogP contribution in [0.25, 0.3) is 0 Å². The second-order valence-electron chi connectivity index (χ2n) is 4.61. The van der Waals surface area contributed by atoms with E-state index in [4.69, 9.17) is 27.9 Å². The molecule has 0 aliphatic heterocycles. The third-order valence-electron chi connectivity index (χ3n) is 3.30. The lowest BCUT2D eigenvalue weighted by Crippen LogP contribution is -2.24. The Labute approximate surface area is 117 Å². The highest BCUT2D eigenvalue weighted by Gasteiger charge is 2.25. The molecule has 1 aromatic carbocycles. The molecule has 2 atom stereocenters. The molecule has 1 fully saturated rings. The van der Waals surface area contributed by atoms with Gasteiger partial charge in [-0.25, -0.2) is 0 Å². The Kier molecular flexibility index (Phi) is 4.74. The maximum Gasteiger partial charge on any atom is 0.121 e. The van der Waals surface area contributed by atoms with E-state index in [0.717, 1.165) is 25.7 Å². The van der Waals surface area contributed by atoms with Crippen LogP contribution in [0.5, 0.6) is 5.75 Å². The first kappa shape index (κ1) is 13.5. The first-order valence-electron chi connectivity index (χ1n) is 6.22. The molecule has 1 aliphatic rings. The number of ether oxygens (including phenoxy) is 1. The van der Waals surface area contributed by atoms with Crippen molar-refractivity contribution in [2.75, 3.05) is 0 Å². The number of halogens is 2. The molecule has 1 aromatic rings. The molecule has 1 aliphatic carbocycles. The summed E-state index contributed by atoms with van der Waals surface area (Å²) < 4.78 is 5.91. The van der Waals surface area contributed by atoms with Crippen molar-refractivity contribution in [2.24, 2.45) is 5.92 Å². The summed E-state index contributed by atoms with van der Waals surface area (Å²) in [5.74, 6) is 0.665. The fraction of sp³-hybridized carbons (Fsp3) is 0.500. The highest BCUT2D eigenvalue weighted by molar-refractivity contribution is 6.42. The van der Waals surface area contributed by atoms with Crippen LogP contribution in [-0.4, -0.2) is 6.10 Å². The summed E-state index contributed by atoms with van der Waals surface area (Å²) in [6.45, 7) is 0. The van der Waals surface area contributed by atoms with Gasteiger partial charge in [0.25, 0.3) is 0 Å². The summed E-state index contributed by atoms with van der Waals surface area (Å²) in [7, 11) is 0. The van der Waals surface area contributed by atoms with Crippen LogP contribution in [0, 0.1) is 17.2 Å². The van der Waals surface area contributed by atoms with Gasteiger partial charge in [-0.05, 0) is 31.4 Å². The monoisotopic (exact) mass is 283 g/mol. The van der Waals surface area contributed by atoms with Crippen molar-refractivity contribution < 1.29 is 4.74 Å². The molecular formula is C14H15Cl2NO. The zero-order valence-corrected chi connectivity index (χ0v) is 11.5. The summed E-state index contributed by atoms with van der Waals surface area (Å²) in [6.07, 6.45) is 5.22. The first-order valence-corrected chi connectivity index (χ1v) is 6.97. The SMILES string of the molecule is N#CC1CCCCCC1Oc1ccc(Cl)c(Cl)c1. The largest absolute Gasteiger partial charge is 0.489 e. The molecule has 0 spiro atoms. The van der Waals surface area contributed by atoms with E-state index in [2.05, 4.69) is 6.07 Å². The van der Waals surface area contributed by atoms with Crippen molar-refractivity contribution in [2.45, 2.75) is 38.2 Å². The molecule has 0 bridgehead atoms. The van der Waals surface area contributed by atoms with Crippen molar-refractivity contribution in [1.29, 1.82) is 5.26 Å². The number of nitrogens with zero attached hydrogens (tertiary/aromatic N) is 1. The van der Waals surface area contributed by atoms with Gasteiger partial charge in [0.1, 0.15) is 11.9 Å². The molecule has 2 nitrogen and oxygen atoms in total. The van der Waals surface area contributed by atoms with Crippen LogP contribution in [-0.2, 0) is 0 Å². The van der Waals surface area contributed by atoms with E-state index < -0.39 is 0 Å². The molecule has 0 aromatic heterocycles. The van der Waals surface area contributed by atoms with Crippen molar-refractivity contribution in [3.8, 4) is 11.8 Å². The minimum absolute atomic E-state index is 0.0260. The molecule has 96 valence electrons. The summed E-state index contributed by atoms with van der Waals surface area (Å²) in [4.78, 5) is 0. The van der Waals surface area contributed by atoms with Crippen molar-refractivity contribution in [3.05, 3.63) is 28.2 Å². The molecular weight excluding hydrogens is 269 g/mol. The van der Waals surface area contributed by atoms with Gasteiger partial charge < -0.3 is 4.74 Å². The predicted octanol–water partition coefficient (Wildman–Crippen LogP) is 4.84. The van der Waals surface area contributed by atoms with E-state index in [1.165, 1.54) is 6.42 Å². The Balaban J connectivity index is 2.10. The van der Waals surface area contributed by atoms with Crippen LogP contribution < -0.4 is 4.74 Å². The van der Waals surface area contributed by atoms with Crippen molar-refractivity contribution in [1.82, 2.24) is 0 Å². The van der Waals surface area contributed by atoms with Gasteiger partial charge in [0.2, 0.25) is 0 Å². The Morgan fingerprint density at radius 1 is 1.11 bits per heavy atom. The fourth-order valence-corrected chi connectivity index (χ4v) is 2.58. The third kappa shape index (κ3) is 3.31. The Morgan fingerprint density at radius 3 is 2.61 bits per heavy atom. The van der Waals surface area contributed by atoms with Gasteiger partial charge in [0, 0.05) is 6.07 Å². The van der Waals surface area contributed by atoms with Crippen LogP contribution in [0.2, 0.25) is 10.0 Å². The zero-order valence-electron chi connectivity index (χ0n) is 10.0. The summed E-state index contributed by atoms with van der Waals surface area (Å²) in [5.41, 5.74) is 0. The molecule has 2 rings (SSSR count). The van der Waals surface area contributed by atoms with Crippen molar-refractivity contribution >= 4 is 23.2 Å². The molecule has 0 radical (unpaired) electrons. The lowest BCUT2D eigenvalue weighted by atomic mass is 9.99. The number of hydrogen-bond donors (Lipinski definition) is 0. The molecule has 0 N–H and O–H groups in total. The van der Waals surface area contributed by atoms with Gasteiger partial charge in [-0.2, -0.15) is 5.26 Å². The molecule has 18 heavy (non-hydrogen) atoms. The van der Waals surface area contributed by atoms with Gasteiger partial charge in [-0.15, -0.1) is 0 Å². The van der Waals surface area contributed by atoms with Gasteiger partial charge in [-0.3, -0.25) is 0 Å². The van der Waals surface area contributed by atoms with Crippen LogP contribution in [0.15, 0.2) is 18.2 Å². The van der Waals surface area contributed by atoms with E-state index >= 15 is 0 Å². The standard InChI is InChI=1S/C14H15Cl2NO/c15-12-7-6-11(8-13(12)16)18-14-5-3-1-2-4-10(14)9-17/h6-8,10,14H,1-5H2. The van der Waals surface area contributed by atoms with Gasteiger partial charge >= 0.3 is 0 Å². The second-order valence-corrected chi connectivity index (χ2v) is 5.42. The average molecular weight is 284 g/mol. The zero-order chi connectivity index (χ0) is 13.0. The van der Waals surface area contributed by atoms with E-state index in [1.54, 1.807) is 18.2 Å². The van der Waals surface area contributed by atoms with E-state index in [1.807, 2.05) is 0 Å². The highest BCUT2D eigenvalue weighted by Crippen LogP contribution is 2.30. The molecule has 4 heteroatoms. The molecule has 0 amide bonds. The molecule has 0 saturated heterocycles. The summed E-state index contributed by atoms with van der Waals surface area (Å²) in [6, 6.07) is 7.59. The van der Waals surface area contributed by atoms with Crippen LogP contribution in [0.4, 0.5) is 0 Å². The van der Waals surface area contributed by atoms with E-state index in [0.29, 0.717) is 15.8 Å². The van der Waals surface area contributed by atoms with Gasteiger partial charge in [0.15, 0.2) is 0 Å². The molecule has 1 saturated carbocycles. The van der Waals surface area contributed by atoms with Crippen molar-refractivity contribution in [3.63, 3.8) is 0 Å². The van der Waals surface area contributed by atoms with Crippen LogP contribution in [0.1, 0.15) is 32.1 Å². The quantitative estimate of drug-likeness (QED) is 0.728. The Morgan fingerprint density at radius 2 is 1.89 bits per heavy atom. The lowest BCUT2D eigenvalue weighted by Gasteiger charge is -2.21. The number of benzene rings is 1. The van der Waals surface area contributed by atoms with Crippen LogP contribution in [0.3, 0.4) is 0 Å². The number of nitriles is 1. The Hall–Kier alpha value is -0.910. The number of rotatable bonds is 2. The van der Waals surface area contributed by atoms with Gasteiger partial charge in [-0.1, -0.05) is 36.0 Å². The smallest absolute Gasteiger partial charge is 0.121 e. The van der Waals surface area contributed by atoms with E-state index in [-0.39, 0.29) is 12.0 Å². The number of hydrogen-bond acceptors (Lipinski definition) is 2. The highest BCUT2D eigenvalue weighted by atomic mass is 35.5. The van der Waals surface area contributed by atoms with E-state index in [9.17, 15) is 5.26 Å². The van der Waals surface area contributed by atoms with Gasteiger partial charge in [0.05, 0.1) is 22.0 Å². The topological polar surface area (TPSA) is 33.0 Å². The Bertz CT molecular complexity index is 456. The average Bonchev–Trinajstić information content (AvgIpc) is 2.59. The molecule has 2 unspecified atom stereocenters. The fourth-order valence-electron chi connectivity index (χ4n) is 2.29. The lowest BCUT2D eigenvalue weighted by molar-refractivity contribution is 0.152. The first-order chi connectivity index (χ1) is 8.70. The normalized spacial score (nSPS) is 24.1. The third-order valence-corrected chi connectivity index (χ3v) is 4.04. The minimum Gasteiger partial charge on any atom is -0.489 e. The minimum atomic E-state index is -0.0326.